The van der Waals surface area contributed by atoms with Gasteiger partial charge in [-0.2, -0.15) is 0 Å². The van der Waals surface area contributed by atoms with Crippen molar-refractivity contribution in [2.75, 3.05) is 0 Å². The minimum absolute atomic E-state index is 0. The molecule has 104 valence electrons. The summed E-state index contributed by atoms with van der Waals surface area (Å²) < 4.78 is 37.5. The van der Waals surface area contributed by atoms with Crippen molar-refractivity contribution in [1.29, 1.82) is 0 Å². The number of benzene rings is 1. The summed E-state index contributed by atoms with van der Waals surface area (Å²) in [6.45, 7) is 3.29. The molecule has 0 aliphatic rings. The first-order chi connectivity index (χ1) is 8.48. The van der Waals surface area contributed by atoms with Gasteiger partial charge in [0.25, 0.3) is 0 Å². The molecule has 0 fully saturated rings. The van der Waals surface area contributed by atoms with Crippen molar-refractivity contribution in [3.8, 4) is 11.5 Å². The zero-order chi connectivity index (χ0) is 14.8. The number of thiol groups is 1. The topological polar surface area (TPSA) is 0 Å². The third kappa shape index (κ3) is 7.73. The van der Waals surface area contributed by atoms with Crippen LogP contribution in [0.25, 0.3) is 0 Å². The van der Waals surface area contributed by atoms with Gasteiger partial charge in [-0.15, -0.1) is 18.2 Å². The molecule has 0 aliphatic heterocycles. The van der Waals surface area contributed by atoms with Gasteiger partial charge in [-0.3, -0.25) is 0 Å². The van der Waals surface area contributed by atoms with Crippen molar-refractivity contribution < 1.29 is 64.3 Å². The van der Waals surface area contributed by atoms with E-state index in [9.17, 15) is 12.9 Å². The number of halogens is 3. The van der Waals surface area contributed by atoms with Crippen molar-refractivity contribution in [2.24, 2.45) is 0 Å². The molecule has 1 rings (SSSR count). The van der Waals surface area contributed by atoms with Crippen molar-refractivity contribution in [1.82, 2.24) is 0 Å². The molecule has 0 radical (unpaired) electrons. The molecule has 0 bridgehead atoms. The van der Waals surface area contributed by atoms with Crippen LogP contribution in [0.5, 0.6) is 0 Å². The minimum Gasteiger partial charge on any atom is -0.449 e. The van der Waals surface area contributed by atoms with Gasteiger partial charge in [-0.25, -0.2) is 0 Å². The van der Waals surface area contributed by atoms with Crippen molar-refractivity contribution >= 4 is 27.7 Å². The Labute approximate surface area is 168 Å². The van der Waals surface area contributed by atoms with Crippen LogP contribution in [-0.2, 0) is 6.32 Å². The fourth-order valence-corrected chi connectivity index (χ4v) is 2.32. The van der Waals surface area contributed by atoms with Gasteiger partial charge < -0.3 is 12.9 Å². The quantitative estimate of drug-likeness (QED) is 0.470. The van der Waals surface area contributed by atoms with Crippen molar-refractivity contribution in [3.05, 3.63) is 28.8 Å². The molecule has 0 unspecified atom stereocenters. The van der Waals surface area contributed by atoms with Crippen LogP contribution in [0.2, 0.25) is 19.6 Å². The van der Waals surface area contributed by atoms with E-state index >= 15 is 0 Å². The molecule has 1 aromatic rings. The Hall–Kier alpha value is 0.838. The first kappa shape index (κ1) is 20.8. The first-order valence-electron chi connectivity index (χ1n) is 6.04. The predicted octanol–water partition coefficient (Wildman–Crippen LogP) is 1.45. The molecule has 0 amide bonds. The predicted molar refractivity (Wildman–Crippen MR) is 81.4 cm³/mol. The molecular weight excluding hydrogens is 323 g/mol. The van der Waals surface area contributed by atoms with E-state index in [-0.39, 0.29) is 56.9 Å². The SMILES string of the molecule is Cc1c(S)cc(C[B-](F)(F)F)cc1C#C[Si](C)(C)C.[K+]. The van der Waals surface area contributed by atoms with Crippen LogP contribution >= 0.6 is 12.6 Å². The Balaban J connectivity index is 0.00000361. The normalized spacial score (nSPS) is 11.4. The maximum absolute atomic E-state index is 12.5. The van der Waals surface area contributed by atoms with Gasteiger partial charge in [0, 0.05) is 10.5 Å². The smallest absolute Gasteiger partial charge is 0.449 e. The summed E-state index contributed by atoms with van der Waals surface area (Å²) in [5, 5.41) is 0. The van der Waals surface area contributed by atoms with Gasteiger partial charge in [-0.1, -0.05) is 37.4 Å². The molecule has 0 nitrogen and oxygen atoms in total. The number of hydrogen-bond donors (Lipinski definition) is 1. The summed E-state index contributed by atoms with van der Waals surface area (Å²) in [6.07, 6.45) is -0.879. The van der Waals surface area contributed by atoms with Crippen LogP contribution in [0.4, 0.5) is 12.9 Å². The van der Waals surface area contributed by atoms with E-state index < -0.39 is 21.4 Å². The second-order valence-corrected chi connectivity index (χ2v) is 10.9. The van der Waals surface area contributed by atoms with Crippen LogP contribution in [0.15, 0.2) is 17.0 Å². The summed E-state index contributed by atoms with van der Waals surface area (Å²) in [7, 11) is -1.55. The molecule has 0 saturated heterocycles. The van der Waals surface area contributed by atoms with Gasteiger partial charge in [-0.05, 0) is 24.6 Å². The minimum atomic E-state index is -4.83. The van der Waals surface area contributed by atoms with Crippen molar-refractivity contribution in [2.45, 2.75) is 37.8 Å². The summed E-state index contributed by atoms with van der Waals surface area (Å²) in [5.41, 5.74) is 4.91. The second kappa shape index (κ2) is 7.91. The molecule has 0 saturated carbocycles. The monoisotopic (exact) mass is 340 g/mol. The average Bonchev–Trinajstić information content (AvgIpc) is 2.17. The molecule has 0 spiro atoms. The van der Waals surface area contributed by atoms with E-state index in [2.05, 4.69) is 43.7 Å². The van der Waals surface area contributed by atoms with E-state index in [0.717, 1.165) is 5.56 Å². The Morgan fingerprint density at radius 3 is 2.20 bits per heavy atom. The number of hydrogen-bond acceptors (Lipinski definition) is 1. The van der Waals surface area contributed by atoms with Crippen LogP contribution in [0.1, 0.15) is 16.7 Å². The summed E-state index contributed by atoms with van der Waals surface area (Å²) in [5.74, 6) is 3.02. The summed E-state index contributed by atoms with van der Waals surface area (Å²) in [4.78, 5) is 0.567. The van der Waals surface area contributed by atoms with Gasteiger partial charge in [0.1, 0.15) is 8.07 Å². The average molecular weight is 340 g/mol. The fourth-order valence-electron chi connectivity index (χ4n) is 1.53. The maximum Gasteiger partial charge on any atom is 1.00 e. The van der Waals surface area contributed by atoms with Crippen molar-refractivity contribution in [3.63, 3.8) is 0 Å². The first-order valence-corrected chi connectivity index (χ1v) is 9.99. The van der Waals surface area contributed by atoms with E-state index in [0.29, 0.717) is 10.5 Å². The van der Waals surface area contributed by atoms with Gasteiger partial charge in [0.15, 0.2) is 0 Å². The molecule has 0 heterocycles. The van der Waals surface area contributed by atoms with Crippen LogP contribution in [0, 0.1) is 18.4 Å². The molecule has 0 N–H and O–H groups in total. The van der Waals surface area contributed by atoms with Crippen LogP contribution < -0.4 is 51.4 Å². The molecule has 0 aromatic heterocycles. The molecule has 20 heavy (non-hydrogen) atoms. The van der Waals surface area contributed by atoms with Gasteiger partial charge in [0.05, 0.1) is 0 Å². The molecule has 0 aliphatic carbocycles. The molecule has 7 heteroatoms. The number of rotatable bonds is 2. The Bertz CT molecular complexity index is 542. The van der Waals surface area contributed by atoms with E-state index in [1.54, 1.807) is 0 Å². The zero-order valence-corrected chi connectivity index (χ0v) is 17.5. The third-order valence-electron chi connectivity index (χ3n) is 2.48. The van der Waals surface area contributed by atoms with Crippen LogP contribution in [0.3, 0.4) is 0 Å². The Morgan fingerprint density at radius 1 is 1.20 bits per heavy atom. The third-order valence-corrected chi connectivity index (χ3v) is 3.82. The summed E-state index contributed by atoms with van der Waals surface area (Å²) >= 11 is 4.24. The summed E-state index contributed by atoms with van der Waals surface area (Å²) in [6, 6.07) is 3.02. The standard InChI is InChI=1S/C13H17BF3SSi.K/c1-10-12(5-6-19(2,3)4)7-11(8-13(10)18)9-14(15,16)17;/h7-8,18H,9H2,1-4H3;/q-1;+1. The zero-order valence-electron chi connectivity index (χ0n) is 12.5. The molecule has 1 aromatic carbocycles. The maximum atomic E-state index is 12.5. The fraction of sp³-hybridized carbons (Fsp3) is 0.385. The van der Waals surface area contributed by atoms with E-state index in [1.807, 2.05) is 6.92 Å². The van der Waals surface area contributed by atoms with Gasteiger partial charge in [0.2, 0.25) is 0 Å². The Morgan fingerprint density at radius 2 is 1.75 bits per heavy atom. The van der Waals surface area contributed by atoms with E-state index in [1.165, 1.54) is 12.1 Å². The molecule has 0 atom stereocenters. The second-order valence-electron chi connectivity index (χ2n) is 5.70. The Kier molecular flexibility index (Phi) is 8.24. The largest absolute Gasteiger partial charge is 1.00 e. The van der Waals surface area contributed by atoms with Crippen LogP contribution in [-0.4, -0.2) is 15.1 Å². The molecular formula is C13H17BF3KSSi. The van der Waals surface area contributed by atoms with Gasteiger partial charge >= 0.3 is 58.4 Å². The van der Waals surface area contributed by atoms with E-state index in [4.69, 9.17) is 0 Å².